The Morgan fingerprint density at radius 3 is 2.59 bits per heavy atom. The molecule has 0 aliphatic carbocycles. The van der Waals surface area contributed by atoms with Crippen molar-refractivity contribution in [2.45, 2.75) is 23.6 Å². The van der Waals surface area contributed by atoms with E-state index in [9.17, 15) is 9.59 Å². The van der Waals surface area contributed by atoms with Crippen molar-refractivity contribution >= 4 is 23.6 Å². The lowest BCUT2D eigenvalue weighted by Gasteiger charge is -2.20. The van der Waals surface area contributed by atoms with E-state index in [1.165, 1.54) is 20.2 Å². The van der Waals surface area contributed by atoms with Crippen LogP contribution in [0.25, 0.3) is 0 Å². The third-order valence-electron chi connectivity index (χ3n) is 3.34. The maximum atomic E-state index is 12.3. The van der Waals surface area contributed by atoms with E-state index in [0.29, 0.717) is 5.75 Å². The predicted octanol–water partition coefficient (Wildman–Crippen LogP) is 3.12. The number of benzene rings is 1. The van der Waals surface area contributed by atoms with E-state index in [-0.39, 0.29) is 5.76 Å². The summed E-state index contributed by atoms with van der Waals surface area (Å²) in [5.74, 6) is -0.707. The highest BCUT2D eigenvalue weighted by molar-refractivity contribution is 7.98. The maximum absolute atomic E-state index is 12.3. The van der Waals surface area contributed by atoms with Crippen LogP contribution < -0.4 is 0 Å². The summed E-state index contributed by atoms with van der Waals surface area (Å²) in [6.07, 6.45) is 1.45. The second kappa shape index (κ2) is 7.17. The molecule has 1 aromatic carbocycles. The van der Waals surface area contributed by atoms with Gasteiger partial charge in [0.15, 0.2) is 5.76 Å². The Kier molecular flexibility index (Phi) is 5.27. The van der Waals surface area contributed by atoms with Crippen LogP contribution in [0, 0.1) is 0 Å². The number of hydrogen-bond acceptors (Lipinski definition) is 4. The molecular formula is C16H17NO4S. The van der Waals surface area contributed by atoms with Crippen LogP contribution in [-0.4, -0.2) is 35.0 Å². The Morgan fingerprint density at radius 2 is 1.95 bits per heavy atom. The van der Waals surface area contributed by atoms with Gasteiger partial charge in [0.05, 0.1) is 6.26 Å². The number of furan rings is 1. The van der Waals surface area contributed by atoms with E-state index in [1.807, 2.05) is 30.3 Å². The average molecular weight is 319 g/mol. The van der Waals surface area contributed by atoms with Gasteiger partial charge in [-0.3, -0.25) is 4.79 Å². The summed E-state index contributed by atoms with van der Waals surface area (Å²) in [6.45, 7) is 1.46. The molecule has 0 bridgehead atoms. The summed E-state index contributed by atoms with van der Waals surface area (Å²) in [5.41, 5.74) is 0.753. The summed E-state index contributed by atoms with van der Waals surface area (Å²) in [4.78, 5) is 25.6. The molecule has 1 aromatic heterocycles. The Balaban J connectivity index is 2.09. The highest BCUT2D eigenvalue weighted by atomic mass is 32.2. The zero-order chi connectivity index (χ0) is 16.1. The van der Waals surface area contributed by atoms with Gasteiger partial charge in [-0.15, -0.1) is 11.8 Å². The highest BCUT2D eigenvalue weighted by Crippen LogP contribution is 2.25. The van der Waals surface area contributed by atoms with Gasteiger partial charge in [0.25, 0.3) is 5.91 Å². The van der Waals surface area contributed by atoms with E-state index in [0.717, 1.165) is 15.4 Å². The molecule has 1 N–H and O–H groups in total. The fourth-order valence-corrected chi connectivity index (χ4v) is 2.72. The first kappa shape index (κ1) is 16.2. The molecule has 0 aliphatic heterocycles. The van der Waals surface area contributed by atoms with E-state index >= 15 is 0 Å². The smallest absolute Gasteiger partial charge is 0.326 e. The number of thioether (sulfide) groups is 1. The Hall–Kier alpha value is -2.21. The van der Waals surface area contributed by atoms with Crippen molar-refractivity contribution in [2.24, 2.45) is 0 Å². The Bertz CT molecular complexity index is 653. The van der Waals surface area contributed by atoms with Crippen LogP contribution in [0.2, 0.25) is 0 Å². The minimum absolute atomic E-state index is 0.194. The number of carboxylic acid groups (broad SMARTS) is 1. The Labute approximate surface area is 132 Å². The van der Waals surface area contributed by atoms with Crippen molar-refractivity contribution < 1.29 is 19.1 Å². The summed E-state index contributed by atoms with van der Waals surface area (Å²) >= 11 is 1.59. The van der Waals surface area contributed by atoms with Gasteiger partial charge in [0, 0.05) is 23.3 Å². The normalized spacial score (nSPS) is 11.9. The second-order valence-corrected chi connectivity index (χ2v) is 5.86. The molecule has 2 rings (SSSR count). The SMILES string of the molecule is CC(C(=O)O)N(C)C(=O)c1occc1CSc1ccccc1. The number of rotatable bonds is 6. The van der Waals surface area contributed by atoms with Crippen molar-refractivity contribution in [3.05, 3.63) is 54.0 Å². The standard InChI is InChI=1S/C16H17NO4S/c1-11(16(19)20)17(2)15(18)14-12(8-9-21-14)10-22-13-6-4-3-5-7-13/h3-9,11H,10H2,1-2H3,(H,19,20). The number of aliphatic carboxylic acids is 1. The first-order valence-corrected chi connectivity index (χ1v) is 7.73. The van der Waals surface area contributed by atoms with E-state index in [1.54, 1.807) is 17.8 Å². The van der Waals surface area contributed by atoms with Crippen LogP contribution in [0.1, 0.15) is 23.0 Å². The first-order chi connectivity index (χ1) is 10.5. The van der Waals surface area contributed by atoms with Gasteiger partial charge < -0.3 is 14.4 Å². The van der Waals surface area contributed by atoms with Gasteiger partial charge in [-0.1, -0.05) is 18.2 Å². The van der Waals surface area contributed by atoms with Crippen molar-refractivity contribution in [1.29, 1.82) is 0 Å². The molecule has 1 heterocycles. The van der Waals surface area contributed by atoms with Crippen molar-refractivity contribution in [3.63, 3.8) is 0 Å². The molecular weight excluding hydrogens is 302 g/mol. The molecule has 1 amide bonds. The zero-order valence-electron chi connectivity index (χ0n) is 12.4. The maximum Gasteiger partial charge on any atom is 0.326 e. The highest BCUT2D eigenvalue weighted by Gasteiger charge is 2.26. The minimum Gasteiger partial charge on any atom is -0.480 e. The number of carbonyl (C=O) groups excluding carboxylic acids is 1. The Morgan fingerprint density at radius 1 is 1.27 bits per heavy atom. The molecule has 6 heteroatoms. The van der Waals surface area contributed by atoms with Crippen molar-refractivity contribution in [2.75, 3.05) is 7.05 Å². The van der Waals surface area contributed by atoms with Gasteiger partial charge in [0.1, 0.15) is 6.04 Å². The van der Waals surface area contributed by atoms with Gasteiger partial charge in [-0.2, -0.15) is 0 Å². The number of carboxylic acids is 1. The van der Waals surface area contributed by atoms with Gasteiger partial charge in [0.2, 0.25) is 0 Å². The molecule has 2 aromatic rings. The van der Waals surface area contributed by atoms with Crippen LogP contribution in [0.4, 0.5) is 0 Å². The van der Waals surface area contributed by atoms with Crippen LogP contribution in [0.3, 0.4) is 0 Å². The van der Waals surface area contributed by atoms with Gasteiger partial charge in [-0.05, 0) is 25.1 Å². The molecule has 0 saturated carbocycles. The summed E-state index contributed by atoms with van der Waals surface area (Å²) in [5, 5.41) is 8.99. The fourth-order valence-electron chi connectivity index (χ4n) is 1.82. The minimum atomic E-state index is -1.05. The van der Waals surface area contributed by atoms with Crippen LogP contribution >= 0.6 is 11.8 Å². The number of amides is 1. The predicted molar refractivity (Wildman–Crippen MR) is 83.9 cm³/mol. The van der Waals surface area contributed by atoms with Crippen LogP contribution in [-0.2, 0) is 10.5 Å². The molecule has 0 aliphatic rings. The second-order valence-electron chi connectivity index (χ2n) is 4.81. The number of hydrogen-bond donors (Lipinski definition) is 1. The molecule has 116 valence electrons. The molecule has 0 saturated heterocycles. The number of nitrogens with zero attached hydrogens (tertiary/aromatic N) is 1. The monoisotopic (exact) mass is 319 g/mol. The average Bonchev–Trinajstić information content (AvgIpc) is 3.00. The molecule has 1 atom stereocenters. The van der Waals surface area contributed by atoms with E-state index in [2.05, 4.69) is 0 Å². The summed E-state index contributed by atoms with van der Waals surface area (Å²) < 4.78 is 5.27. The first-order valence-electron chi connectivity index (χ1n) is 6.75. The third kappa shape index (κ3) is 3.71. The van der Waals surface area contributed by atoms with E-state index in [4.69, 9.17) is 9.52 Å². The van der Waals surface area contributed by atoms with Gasteiger partial charge in [-0.25, -0.2) is 4.79 Å². The fraction of sp³-hybridized carbons (Fsp3) is 0.250. The largest absolute Gasteiger partial charge is 0.480 e. The van der Waals surface area contributed by atoms with E-state index < -0.39 is 17.9 Å². The van der Waals surface area contributed by atoms with Crippen molar-refractivity contribution in [3.8, 4) is 0 Å². The summed E-state index contributed by atoms with van der Waals surface area (Å²) in [6, 6.07) is 10.7. The molecule has 1 unspecified atom stereocenters. The van der Waals surface area contributed by atoms with Crippen molar-refractivity contribution in [1.82, 2.24) is 4.90 Å². The quantitative estimate of drug-likeness (QED) is 0.828. The lowest BCUT2D eigenvalue weighted by Crippen LogP contribution is -2.40. The summed E-state index contributed by atoms with van der Waals surface area (Å²) in [7, 11) is 1.46. The zero-order valence-corrected chi connectivity index (χ0v) is 13.2. The molecule has 5 nitrogen and oxygen atoms in total. The molecule has 0 radical (unpaired) electrons. The topological polar surface area (TPSA) is 70.8 Å². The molecule has 0 fully saturated rings. The van der Waals surface area contributed by atoms with Crippen LogP contribution in [0.15, 0.2) is 52.0 Å². The number of likely N-dealkylation sites (N-methyl/N-ethyl adjacent to an activating group) is 1. The molecule has 0 spiro atoms. The molecule has 22 heavy (non-hydrogen) atoms. The number of carbonyl (C=O) groups is 2. The van der Waals surface area contributed by atoms with Crippen LogP contribution in [0.5, 0.6) is 0 Å². The lowest BCUT2D eigenvalue weighted by atomic mass is 10.2. The lowest BCUT2D eigenvalue weighted by molar-refractivity contribution is -0.141. The van der Waals surface area contributed by atoms with Gasteiger partial charge >= 0.3 is 5.97 Å². The third-order valence-corrected chi connectivity index (χ3v) is 4.40.